The molecule has 1 heterocycles. The van der Waals surface area contributed by atoms with Gasteiger partial charge in [-0.05, 0) is 60.2 Å². The van der Waals surface area contributed by atoms with Crippen molar-refractivity contribution in [1.82, 2.24) is 4.98 Å². The van der Waals surface area contributed by atoms with Gasteiger partial charge in [-0.15, -0.1) is 0 Å². The number of hydrogen-bond donors (Lipinski definition) is 0. The Labute approximate surface area is 163 Å². The van der Waals surface area contributed by atoms with Crippen molar-refractivity contribution in [1.29, 1.82) is 0 Å². The number of ether oxygens (including phenoxy) is 1. The number of pyridine rings is 1. The quantitative estimate of drug-likeness (QED) is 0.449. The summed E-state index contributed by atoms with van der Waals surface area (Å²) in [5, 5.41) is 0. The lowest BCUT2D eigenvalue weighted by atomic mass is 9.92. The van der Waals surface area contributed by atoms with E-state index in [4.69, 9.17) is 4.74 Å². The van der Waals surface area contributed by atoms with Crippen LogP contribution in [0.5, 0.6) is 5.75 Å². The predicted molar refractivity (Wildman–Crippen MR) is 113 cm³/mol. The van der Waals surface area contributed by atoms with E-state index in [1.54, 1.807) is 0 Å². The Bertz CT molecular complexity index is 820. The molecule has 0 aliphatic rings. The summed E-state index contributed by atoms with van der Waals surface area (Å²) in [7, 11) is 0. The van der Waals surface area contributed by atoms with E-state index in [1.165, 1.54) is 40.8 Å². The fourth-order valence-electron chi connectivity index (χ4n) is 3.26. The van der Waals surface area contributed by atoms with Gasteiger partial charge in [0.15, 0.2) is 0 Å². The second kappa shape index (κ2) is 9.36. The smallest absolute Gasteiger partial charge is 0.119 e. The fourth-order valence-corrected chi connectivity index (χ4v) is 3.26. The molecule has 0 bridgehead atoms. The predicted octanol–water partition coefficient (Wildman–Crippen LogP) is 6.64. The Hall–Kier alpha value is -2.61. The standard InChI is InChI=1S/C25H29NO/c1-4-6-7-24-15-12-23(18-26-24)19(3)20-8-10-21(11-9-20)22-13-16-25(17-14-22)27-5-2/h8-19H,4-7H2,1-3H3. The summed E-state index contributed by atoms with van der Waals surface area (Å²) in [6.45, 7) is 7.16. The molecule has 0 amide bonds. The van der Waals surface area contributed by atoms with Gasteiger partial charge in [-0.2, -0.15) is 0 Å². The Morgan fingerprint density at radius 1 is 0.815 bits per heavy atom. The van der Waals surface area contributed by atoms with Crippen LogP contribution in [0.2, 0.25) is 0 Å². The molecule has 1 atom stereocenters. The normalized spacial score (nSPS) is 12.0. The van der Waals surface area contributed by atoms with Crippen molar-refractivity contribution in [2.75, 3.05) is 6.61 Å². The number of nitrogens with zero attached hydrogens (tertiary/aromatic N) is 1. The van der Waals surface area contributed by atoms with E-state index in [1.807, 2.05) is 25.3 Å². The highest BCUT2D eigenvalue weighted by Crippen LogP contribution is 2.28. The Morgan fingerprint density at radius 2 is 1.44 bits per heavy atom. The van der Waals surface area contributed by atoms with Crippen molar-refractivity contribution >= 4 is 0 Å². The van der Waals surface area contributed by atoms with Crippen LogP contribution in [0.1, 0.15) is 56.4 Å². The van der Waals surface area contributed by atoms with Crippen LogP contribution in [0.4, 0.5) is 0 Å². The molecule has 2 aromatic carbocycles. The first-order valence-corrected chi connectivity index (χ1v) is 9.99. The lowest BCUT2D eigenvalue weighted by Crippen LogP contribution is -1.98. The third-order valence-electron chi connectivity index (χ3n) is 5.04. The number of unbranched alkanes of at least 4 members (excludes halogenated alkanes) is 1. The van der Waals surface area contributed by atoms with Gasteiger partial charge in [0.2, 0.25) is 0 Å². The van der Waals surface area contributed by atoms with E-state index < -0.39 is 0 Å². The van der Waals surface area contributed by atoms with Crippen molar-refractivity contribution in [2.24, 2.45) is 0 Å². The molecule has 0 fully saturated rings. The first kappa shape index (κ1) is 19.2. The summed E-state index contributed by atoms with van der Waals surface area (Å²) in [6, 6.07) is 21.5. The minimum absolute atomic E-state index is 0.340. The number of hydrogen-bond acceptors (Lipinski definition) is 2. The second-order valence-electron chi connectivity index (χ2n) is 6.99. The largest absolute Gasteiger partial charge is 0.494 e. The van der Waals surface area contributed by atoms with Gasteiger partial charge in [0, 0.05) is 17.8 Å². The highest BCUT2D eigenvalue weighted by molar-refractivity contribution is 5.64. The molecule has 27 heavy (non-hydrogen) atoms. The Kier molecular flexibility index (Phi) is 6.64. The molecule has 1 aromatic heterocycles. The maximum Gasteiger partial charge on any atom is 0.119 e. The molecule has 0 N–H and O–H groups in total. The molecule has 3 rings (SSSR count). The molecular weight excluding hydrogens is 330 g/mol. The van der Waals surface area contributed by atoms with E-state index in [0.717, 1.165) is 12.2 Å². The molecule has 0 aliphatic carbocycles. The Morgan fingerprint density at radius 3 is 2.00 bits per heavy atom. The van der Waals surface area contributed by atoms with Gasteiger partial charge in [0.25, 0.3) is 0 Å². The van der Waals surface area contributed by atoms with E-state index in [2.05, 4.69) is 67.4 Å². The van der Waals surface area contributed by atoms with Crippen molar-refractivity contribution in [3.8, 4) is 16.9 Å². The monoisotopic (exact) mass is 359 g/mol. The van der Waals surface area contributed by atoms with Crippen molar-refractivity contribution in [3.63, 3.8) is 0 Å². The summed E-state index contributed by atoms with van der Waals surface area (Å²) in [6.07, 6.45) is 5.52. The van der Waals surface area contributed by atoms with Crippen molar-refractivity contribution in [2.45, 2.75) is 46.0 Å². The third kappa shape index (κ3) is 4.97. The third-order valence-corrected chi connectivity index (χ3v) is 5.04. The van der Waals surface area contributed by atoms with Gasteiger partial charge in [0.1, 0.15) is 5.75 Å². The molecule has 0 spiro atoms. The van der Waals surface area contributed by atoms with Crippen LogP contribution in [-0.4, -0.2) is 11.6 Å². The topological polar surface area (TPSA) is 22.1 Å². The summed E-state index contributed by atoms with van der Waals surface area (Å²) in [4.78, 5) is 4.64. The lowest BCUT2D eigenvalue weighted by molar-refractivity contribution is 0.340. The van der Waals surface area contributed by atoms with E-state index in [-0.39, 0.29) is 0 Å². The van der Waals surface area contributed by atoms with Crippen molar-refractivity contribution in [3.05, 3.63) is 83.7 Å². The molecule has 2 heteroatoms. The first-order valence-electron chi connectivity index (χ1n) is 9.99. The zero-order valence-corrected chi connectivity index (χ0v) is 16.6. The average Bonchev–Trinajstić information content (AvgIpc) is 2.73. The molecule has 140 valence electrons. The van der Waals surface area contributed by atoms with Crippen molar-refractivity contribution < 1.29 is 4.74 Å². The van der Waals surface area contributed by atoms with E-state index >= 15 is 0 Å². The van der Waals surface area contributed by atoms with Gasteiger partial charge < -0.3 is 4.74 Å². The van der Waals surface area contributed by atoms with Crippen LogP contribution < -0.4 is 4.74 Å². The van der Waals surface area contributed by atoms with Gasteiger partial charge >= 0.3 is 0 Å². The van der Waals surface area contributed by atoms with Gasteiger partial charge in [-0.1, -0.05) is 62.7 Å². The minimum Gasteiger partial charge on any atom is -0.494 e. The molecule has 0 saturated carbocycles. The molecule has 2 nitrogen and oxygen atoms in total. The van der Waals surface area contributed by atoms with Gasteiger partial charge in [-0.3, -0.25) is 4.98 Å². The lowest BCUT2D eigenvalue weighted by Gasteiger charge is -2.14. The highest BCUT2D eigenvalue weighted by Gasteiger charge is 2.09. The Balaban J connectivity index is 1.70. The molecule has 0 radical (unpaired) electrons. The molecular formula is C25H29NO. The average molecular weight is 360 g/mol. The van der Waals surface area contributed by atoms with Crippen LogP contribution in [0.3, 0.4) is 0 Å². The number of aromatic nitrogens is 1. The van der Waals surface area contributed by atoms with Crippen LogP contribution >= 0.6 is 0 Å². The van der Waals surface area contributed by atoms with Gasteiger partial charge in [-0.25, -0.2) is 0 Å². The van der Waals surface area contributed by atoms with E-state index in [0.29, 0.717) is 12.5 Å². The van der Waals surface area contributed by atoms with E-state index in [9.17, 15) is 0 Å². The molecule has 0 aliphatic heterocycles. The maximum atomic E-state index is 5.52. The fraction of sp³-hybridized carbons (Fsp3) is 0.320. The number of aryl methyl sites for hydroxylation is 1. The molecule has 0 saturated heterocycles. The second-order valence-corrected chi connectivity index (χ2v) is 6.99. The zero-order valence-electron chi connectivity index (χ0n) is 16.6. The molecule has 3 aromatic rings. The van der Waals surface area contributed by atoms with Gasteiger partial charge in [0.05, 0.1) is 6.61 Å². The van der Waals surface area contributed by atoms with Crippen LogP contribution in [0.15, 0.2) is 66.9 Å². The minimum atomic E-state index is 0.340. The maximum absolute atomic E-state index is 5.52. The van der Waals surface area contributed by atoms with Crippen LogP contribution in [-0.2, 0) is 6.42 Å². The van der Waals surface area contributed by atoms with Crippen LogP contribution in [0, 0.1) is 0 Å². The summed E-state index contributed by atoms with van der Waals surface area (Å²) >= 11 is 0. The highest BCUT2D eigenvalue weighted by atomic mass is 16.5. The summed E-state index contributed by atoms with van der Waals surface area (Å²) < 4.78 is 5.52. The summed E-state index contributed by atoms with van der Waals surface area (Å²) in [5.41, 5.74) is 6.21. The first-order chi connectivity index (χ1) is 13.2. The summed E-state index contributed by atoms with van der Waals surface area (Å²) in [5.74, 6) is 1.26. The number of rotatable bonds is 8. The van der Waals surface area contributed by atoms with Crippen LogP contribution in [0.25, 0.3) is 11.1 Å². The SMILES string of the molecule is CCCCc1ccc(C(C)c2ccc(-c3ccc(OCC)cc3)cc2)cn1. The molecule has 1 unspecified atom stereocenters. The zero-order chi connectivity index (χ0) is 19.1. The number of benzene rings is 2.